The van der Waals surface area contributed by atoms with Crippen molar-refractivity contribution in [1.29, 1.82) is 0 Å². The van der Waals surface area contributed by atoms with Gasteiger partial charge in [-0.3, -0.25) is 9.89 Å². The molecule has 94 valence electrons. The predicted molar refractivity (Wildman–Crippen MR) is 62.4 cm³/mol. The maximum atomic E-state index is 11.5. The van der Waals surface area contributed by atoms with Gasteiger partial charge in [-0.2, -0.15) is 5.10 Å². The van der Waals surface area contributed by atoms with Crippen molar-refractivity contribution in [3.05, 3.63) is 17.5 Å². The summed E-state index contributed by atoms with van der Waals surface area (Å²) < 4.78 is 5.53. The van der Waals surface area contributed by atoms with Gasteiger partial charge in [0.05, 0.1) is 11.8 Å². The van der Waals surface area contributed by atoms with E-state index in [-0.39, 0.29) is 18.1 Å². The van der Waals surface area contributed by atoms with E-state index >= 15 is 0 Å². The molecule has 1 aromatic heterocycles. The highest BCUT2D eigenvalue weighted by Crippen LogP contribution is 2.14. The van der Waals surface area contributed by atoms with Crippen LogP contribution >= 0.6 is 0 Å². The van der Waals surface area contributed by atoms with Crippen molar-refractivity contribution in [2.45, 2.75) is 26.0 Å². The number of aromatic amines is 1. The summed E-state index contributed by atoms with van der Waals surface area (Å²) >= 11 is 0. The summed E-state index contributed by atoms with van der Waals surface area (Å²) in [6, 6.07) is 0. The molecular weight excluding hydrogens is 220 g/mol. The van der Waals surface area contributed by atoms with Gasteiger partial charge in [-0.25, -0.2) is 0 Å². The zero-order valence-electron chi connectivity index (χ0n) is 10.2. The number of aryl methyl sites for hydroxylation is 1. The molecule has 1 aromatic rings. The highest BCUT2D eigenvalue weighted by atomic mass is 16.5. The first-order valence-electron chi connectivity index (χ1n) is 5.69. The van der Waals surface area contributed by atoms with Crippen molar-refractivity contribution in [3.8, 4) is 0 Å². The molecule has 0 unspecified atom stereocenters. The number of ether oxygens (including phenoxy) is 1. The highest BCUT2D eigenvalue weighted by Gasteiger charge is 2.32. The molecule has 0 radical (unpaired) electrons. The lowest BCUT2D eigenvalue weighted by Gasteiger charge is -2.38. The van der Waals surface area contributed by atoms with Crippen molar-refractivity contribution in [1.82, 2.24) is 20.8 Å². The van der Waals surface area contributed by atoms with Crippen LogP contribution in [0.1, 0.15) is 18.2 Å². The first-order chi connectivity index (χ1) is 8.09. The van der Waals surface area contributed by atoms with Crippen molar-refractivity contribution < 1.29 is 9.53 Å². The summed E-state index contributed by atoms with van der Waals surface area (Å²) in [5, 5.41) is 12.6. The number of carbonyl (C=O) groups is 1. The zero-order valence-corrected chi connectivity index (χ0v) is 10.2. The lowest BCUT2D eigenvalue weighted by atomic mass is 10.0. The highest BCUT2D eigenvalue weighted by molar-refractivity contribution is 5.77. The minimum absolute atomic E-state index is 0.0984. The van der Waals surface area contributed by atoms with E-state index in [1.807, 2.05) is 13.8 Å². The molecule has 6 nitrogen and oxygen atoms in total. The van der Waals surface area contributed by atoms with Crippen LogP contribution in [0.3, 0.4) is 0 Å². The minimum atomic E-state index is -0.178. The fourth-order valence-corrected chi connectivity index (χ4v) is 1.62. The number of rotatable bonds is 5. The van der Waals surface area contributed by atoms with Crippen LogP contribution in [0.5, 0.6) is 0 Å². The molecule has 1 aliphatic rings. The van der Waals surface area contributed by atoms with Crippen molar-refractivity contribution in [2.24, 2.45) is 0 Å². The quantitative estimate of drug-likeness (QED) is 0.659. The number of nitrogens with one attached hydrogen (secondary N) is 3. The van der Waals surface area contributed by atoms with Gasteiger partial charge in [0, 0.05) is 30.9 Å². The smallest absolute Gasteiger partial charge is 0.246 e. The molecule has 17 heavy (non-hydrogen) atoms. The Kier molecular flexibility index (Phi) is 3.44. The van der Waals surface area contributed by atoms with E-state index in [2.05, 4.69) is 20.8 Å². The third-order valence-corrected chi connectivity index (χ3v) is 2.96. The minimum Gasteiger partial charge on any atom is -0.363 e. The van der Waals surface area contributed by atoms with Gasteiger partial charge >= 0.3 is 0 Å². The van der Waals surface area contributed by atoms with Gasteiger partial charge in [-0.1, -0.05) is 0 Å². The van der Waals surface area contributed by atoms with Crippen LogP contribution in [0.15, 0.2) is 6.20 Å². The Morgan fingerprint density at radius 3 is 2.94 bits per heavy atom. The summed E-state index contributed by atoms with van der Waals surface area (Å²) in [6.07, 6.45) is 1.72. The molecule has 0 atom stereocenters. The van der Waals surface area contributed by atoms with E-state index in [1.165, 1.54) is 0 Å². The lowest BCUT2D eigenvalue weighted by Crippen LogP contribution is -2.59. The number of hydrogen-bond donors (Lipinski definition) is 3. The van der Waals surface area contributed by atoms with Gasteiger partial charge < -0.3 is 15.4 Å². The number of amides is 1. The molecule has 1 aliphatic heterocycles. The topological polar surface area (TPSA) is 79.0 Å². The number of aromatic nitrogens is 2. The summed E-state index contributed by atoms with van der Waals surface area (Å²) in [7, 11) is 0. The molecular formula is C11H18N4O2. The largest absolute Gasteiger partial charge is 0.363 e. The summed E-state index contributed by atoms with van der Waals surface area (Å²) in [4.78, 5) is 11.5. The fraction of sp³-hybridized carbons (Fsp3) is 0.636. The molecule has 0 bridgehead atoms. The van der Waals surface area contributed by atoms with Gasteiger partial charge in [0.1, 0.15) is 6.61 Å². The van der Waals surface area contributed by atoms with Crippen LogP contribution in [-0.2, 0) is 16.1 Å². The normalized spacial score (nSPS) is 17.5. The number of carbonyl (C=O) groups excluding carboxylic acids is 1. The first kappa shape index (κ1) is 12.1. The van der Waals surface area contributed by atoms with E-state index in [0.717, 1.165) is 24.3 Å². The van der Waals surface area contributed by atoms with Crippen LogP contribution in [0.2, 0.25) is 0 Å². The molecule has 2 rings (SSSR count). The molecule has 3 N–H and O–H groups in total. The van der Waals surface area contributed by atoms with Crippen LogP contribution < -0.4 is 10.6 Å². The second kappa shape index (κ2) is 4.85. The van der Waals surface area contributed by atoms with E-state index in [1.54, 1.807) is 6.20 Å². The van der Waals surface area contributed by atoms with Crippen LogP contribution in [-0.4, -0.2) is 41.4 Å². The molecule has 6 heteroatoms. The van der Waals surface area contributed by atoms with E-state index in [0.29, 0.717) is 6.54 Å². The Bertz CT molecular complexity index is 398. The van der Waals surface area contributed by atoms with Crippen molar-refractivity contribution in [2.75, 3.05) is 19.7 Å². The number of H-pyrrole nitrogens is 1. The Balaban J connectivity index is 1.69. The van der Waals surface area contributed by atoms with Gasteiger partial charge in [-0.05, 0) is 13.8 Å². The number of nitrogens with zero attached hydrogens (tertiary/aromatic N) is 1. The average molecular weight is 238 g/mol. The Labute approximate surface area is 100 Å². The Morgan fingerprint density at radius 1 is 1.65 bits per heavy atom. The lowest BCUT2D eigenvalue weighted by molar-refractivity contribution is -0.136. The first-order valence-corrected chi connectivity index (χ1v) is 5.69. The van der Waals surface area contributed by atoms with E-state index < -0.39 is 0 Å². The molecule has 1 fully saturated rings. The zero-order chi connectivity index (χ0) is 12.3. The van der Waals surface area contributed by atoms with Gasteiger partial charge in [0.15, 0.2) is 0 Å². The Hall–Kier alpha value is -1.40. The fourth-order valence-electron chi connectivity index (χ4n) is 1.62. The standard InChI is InChI=1S/C11H18N4O2/c1-8-9(4-14-15-8)3-13-10(16)5-17-11(2)6-12-7-11/h4,12H,3,5-7H2,1-2H3,(H,13,16)(H,14,15). The maximum Gasteiger partial charge on any atom is 0.246 e. The molecule has 2 heterocycles. The SMILES string of the molecule is Cc1[nH]ncc1CNC(=O)COC1(C)CNC1. The van der Waals surface area contributed by atoms with Gasteiger partial charge in [0.2, 0.25) is 5.91 Å². The third-order valence-electron chi connectivity index (χ3n) is 2.96. The van der Waals surface area contributed by atoms with Crippen LogP contribution in [0.25, 0.3) is 0 Å². The number of hydrogen-bond acceptors (Lipinski definition) is 4. The molecule has 0 aromatic carbocycles. The Morgan fingerprint density at radius 2 is 2.41 bits per heavy atom. The van der Waals surface area contributed by atoms with Crippen molar-refractivity contribution >= 4 is 5.91 Å². The summed E-state index contributed by atoms with van der Waals surface area (Å²) in [5.41, 5.74) is 1.79. The molecule has 0 spiro atoms. The average Bonchev–Trinajstić information content (AvgIpc) is 2.67. The monoisotopic (exact) mass is 238 g/mol. The maximum absolute atomic E-state index is 11.5. The predicted octanol–water partition coefficient (Wildman–Crippen LogP) is -0.287. The second-order valence-electron chi connectivity index (χ2n) is 4.64. The van der Waals surface area contributed by atoms with Gasteiger partial charge in [-0.15, -0.1) is 0 Å². The third kappa shape index (κ3) is 3.04. The van der Waals surface area contributed by atoms with Gasteiger partial charge in [0.25, 0.3) is 0 Å². The molecule has 1 saturated heterocycles. The van der Waals surface area contributed by atoms with E-state index in [4.69, 9.17) is 4.74 Å². The molecule has 0 saturated carbocycles. The molecule has 0 aliphatic carbocycles. The van der Waals surface area contributed by atoms with Crippen LogP contribution in [0, 0.1) is 6.92 Å². The molecule has 1 amide bonds. The van der Waals surface area contributed by atoms with Crippen molar-refractivity contribution in [3.63, 3.8) is 0 Å². The second-order valence-corrected chi connectivity index (χ2v) is 4.64. The van der Waals surface area contributed by atoms with E-state index in [9.17, 15) is 4.79 Å². The van der Waals surface area contributed by atoms with Crippen LogP contribution in [0.4, 0.5) is 0 Å². The summed E-state index contributed by atoms with van der Waals surface area (Å²) in [5.74, 6) is -0.0984. The summed E-state index contributed by atoms with van der Waals surface area (Å²) in [6.45, 7) is 6.12.